The molecular weight excluding hydrogens is 345 g/mol. The fourth-order valence-corrected chi connectivity index (χ4v) is 3.81. The highest BCUT2D eigenvalue weighted by atomic mass is 19.1. The summed E-state index contributed by atoms with van der Waals surface area (Å²) < 4.78 is 13.7. The van der Waals surface area contributed by atoms with Crippen LogP contribution < -0.4 is 0 Å². The van der Waals surface area contributed by atoms with Gasteiger partial charge in [0.1, 0.15) is 5.82 Å². The first-order valence-corrected chi connectivity index (χ1v) is 10.1. The van der Waals surface area contributed by atoms with Crippen molar-refractivity contribution in [3.8, 4) is 0 Å². The number of carbonyl (C=O) groups excluding carboxylic acids is 2. The van der Waals surface area contributed by atoms with Crippen LogP contribution in [-0.2, 0) is 4.79 Å². The summed E-state index contributed by atoms with van der Waals surface area (Å²) in [5.74, 6) is -0.278. The summed E-state index contributed by atoms with van der Waals surface area (Å²) in [6.07, 6.45) is 5.90. The van der Waals surface area contributed by atoms with Crippen molar-refractivity contribution in [1.82, 2.24) is 14.7 Å². The summed E-state index contributed by atoms with van der Waals surface area (Å²) in [6.45, 7) is 6.36. The number of nitrogens with zero attached hydrogens (tertiary/aromatic N) is 3. The van der Waals surface area contributed by atoms with Gasteiger partial charge in [-0.1, -0.05) is 25.3 Å². The highest BCUT2D eigenvalue weighted by molar-refractivity contribution is 5.94. The smallest absolute Gasteiger partial charge is 0.254 e. The van der Waals surface area contributed by atoms with Crippen LogP contribution in [0, 0.1) is 12.7 Å². The van der Waals surface area contributed by atoms with Gasteiger partial charge in [-0.2, -0.15) is 0 Å². The molecule has 2 aliphatic heterocycles. The van der Waals surface area contributed by atoms with Crippen LogP contribution in [0.4, 0.5) is 4.39 Å². The van der Waals surface area contributed by atoms with Gasteiger partial charge in [-0.3, -0.25) is 14.5 Å². The van der Waals surface area contributed by atoms with Gasteiger partial charge in [0.05, 0.1) is 6.54 Å². The van der Waals surface area contributed by atoms with Crippen molar-refractivity contribution in [3.63, 3.8) is 0 Å². The molecule has 0 atom stereocenters. The number of piperazine rings is 1. The molecule has 6 heteroatoms. The molecule has 27 heavy (non-hydrogen) atoms. The number of amides is 2. The van der Waals surface area contributed by atoms with Gasteiger partial charge < -0.3 is 9.80 Å². The average molecular weight is 375 g/mol. The van der Waals surface area contributed by atoms with Gasteiger partial charge in [0, 0.05) is 44.8 Å². The van der Waals surface area contributed by atoms with Crippen molar-refractivity contribution >= 4 is 11.8 Å². The van der Waals surface area contributed by atoms with Crippen LogP contribution in [0.3, 0.4) is 0 Å². The van der Waals surface area contributed by atoms with Crippen LogP contribution in [0.5, 0.6) is 0 Å². The second-order valence-corrected chi connectivity index (χ2v) is 7.68. The van der Waals surface area contributed by atoms with Gasteiger partial charge in [-0.05, 0) is 37.5 Å². The molecule has 0 saturated carbocycles. The van der Waals surface area contributed by atoms with Gasteiger partial charge in [0.15, 0.2) is 0 Å². The van der Waals surface area contributed by atoms with Gasteiger partial charge >= 0.3 is 0 Å². The third kappa shape index (κ3) is 5.28. The van der Waals surface area contributed by atoms with Crippen molar-refractivity contribution in [1.29, 1.82) is 0 Å². The molecular formula is C21H30FN3O2. The first-order chi connectivity index (χ1) is 13.0. The average Bonchev–Trinajstić information content (AvgIpc) is 2.63. The monoisotopic (exact) mass is 375 g/mol. The molecule has 2 heterocycles. The Labute approximate surface area is 161 Å². The Bertz CT molecular complexity index is 663. The molecule has 2 saturated heterocycles. The zero-order chi connectivity index (χ0) is 19.2. The summed E-state index contributed by atoms with van der Waals surface area (Å²) in [6, 6.07) is 4.63. The Balaban J connectivity index is 1.48. The van der Waals surface area contributed by atoms with E-state index in [4.69, 9.17) is 0 Å². The van der Waals surface area contributed by atoms with E-state index >= 15 is 0 Å². The van der Waals surface area contributed by atoms with Crippen LogP contribution in [-0.4, -0.2) is 72.3 Å². The van der Waals surface area contributed by atoms with Crippen LogP contribution in [0.2, 0.25) is 0 Å². The summed E-state index contributed by atoms with van der Waals surface area (Å²) in [4.78, 5) is 31.1. The molecule has 2 aliphatic rings. The maximum absolute atomic E-state index is 13.7. The Morgan fingerprint density at radius 1 is 0.889 bits per heavy atom. The number of aryl methyl sites for hydroxylation is 1. The first-order valence-electron chi connectivity index (χ1n) is 10.1. The minimum absolute atomic E-state index is 0.136. The Morgan fingerprint density at radius 2 is 1.52 bits per heavy atom. The van der Waals surface area contributed by atoms with E-state index in [9.17, 15) is 14.0 Å². The molecule has 0 radical (unpaired) electrons. The zero-order valence-electron chi connectivity index (χ0n) is 16.3. The lowest BCUT2D eigenvalue weighted by Gasteiger charge is -2.35. The number of benzene rings is 1. The van der Waals surface area contributed by atoms with Crippen molar-refractivity contribution in [2.75, 3.05) is 45.8 Å². The Morgan fingerprint density at radius 3 is 2.15 bits per heavy atom. The molecule has 0 aliphatic carbocycles. The topological polar surface area (TPSA) is 43.9 Å². The first kappa shape index (κ1) is 19.8. The number of carbonyl (C=O) groups is 2. The van der Waals surface area contributed by atoms with Crippen LogP contribution >= 0.6 is 0 Å². The summed E-state index contributed by atoms with van der Waals surface area (Å²) >= 11 is 0. The predicted octanol–water partition coefficient (Wildman–Crippen LogP) is 2.68. The fourth-order valence-electron chi connectivity index (χ4n) is 3.81. The largest absolute Gasteiger partial charge is 0.342 e. The van der Waals surface area contributed by atoms with Gasteiger partial charge in [-0.15, -0.1) is 0 Å². The third-order valence-corrected chi connectivity index (χ3v) is 5.65. The van der Waals surface area contributed by atoms with Crippen LogP contribution in [0.15, 0.2) is 18.2 Å². The Kier molecular flexibility index (Phi) is 6.83. The molecule has 1 aromatic carbocycles. The van der Waals surface area contributed by atoms with Gasteiger partial charge in [0.2, 0.25) is 5.91 Å². The molecule has 5 nitrogen and oxygen atoms in total. The molecule has 0 N–H and O–H groups in total. The summed E-state index contributed by atoms with van der Waals surface area (Å²) in [5.41, 5.74) is 0.933. The second-order valence-electron chi connectivity index (χ2n) is 7.68. The SMILES string of the molecule is Cc1ccc(C(=O)N2CCN(CC(=O)N3CCCCCCC3)CC2)cc1F. The van der Waals surface area contributed by atoms with E-state index < -0.39 is 0 Å². The van der Waals surface area contributed by atoms with E-state index in [1.54, 1.807) is 24.0 Å². The lowest BCUT2D eigenvalue weighted by molar-refractivity contribution is -0.133. The van der Waals surface area contributed by atoms with E-state index in [-0.39, 0.29) is 17.6 Å². The number of rotatable bonds is 3. The molecule has 2 amide bonds. The second kappa shape index (κ2) is 9.31. The number of hydrogen-bond donors (Lipinski definition) is 0. The van der Waals surface area contributed by atoms with E-state index in [0.29, 0.717) is 43.9 Å². The normalized spacial score (nSPS) is 19.5. The van der Waals surface area contributed by atoms with Gasteiger partial charge in [-0.25, -0.2) is 4.39 Å². The van der Waals surface area contributed by atoms with E-state index in [1.807, 2.05) is 4.90 Å². The maximum Gasteiger partial charge on any atom is 0.254 e. The van der Waals surface area contributed by atoms with E-state index in [1.165, 1.54) is 25.3 Å². The van der Waals surface area contributed by atoms with Crippen molar-refractivity contribution in [2.24, 2.45) is 0 Å². The third-order valence-electron chi connectivity index (χ3n) is 5.65. The molecule has 2 fully saturated rings. The molecule has 0 unspecified atom stereocenters. The molecule has 148 valence electrons. The molecule has 0 aromatic heterocycles. The number of likely N-dealkylation sites (tertiary alicyclic amines) is 1. The maximum atomic E-state index is 13.7. The molecule has 1 aromatic rings. The fraction of sp³-hybridized carbons (Fsp3) is 0.619. The minimum Gasteiger partial charge on any atom is -0.342 e. The summed E-state index contributed by atoms with van der Waals surface area (Å²) in [5, 5.41) is 0. The van der Waals surface area contributed by atoms with E-state index in [2.05, 4.69) is 4.90 Å². The molecule has 0 bridgehead atoms. The quantitative estimate of drug-likeness (QED) is 0.816. The lowest BCUT2D eigenvalue weighted by atomic mass is 10.1. The summed E-state index contributed by atoms with van der Waals surface area (Å²) in [7, 11) is 0. The molecule has 3 rings (SSSR count). The standard InChI is InChI=1S/C21H30FN3O2/c1-17-7-8-18(15-19(17)22)21(27)25-13-11-23(12-14-25)16-20(26)24-9-5-3-2-4-6-10-24/h7-8,15H,2-6,9-14,16H2,1H3. The molecule has 0 spiro atoms. The predicted molar refractivity (Wildman–Crippen MR) is 103 cm³/mol. The van der Waals surface area contributed by atoms with Gasteiger partial charge in [0.25, 0.3) is 5.91 Å². The van der Waals surface area contributed by atoms with Crippen molar-refractivity contribution in [3.05, 3.63) is 35.1 Å². The Hall–Kier alpha value is -1.95. The van der Waals surface area contributed by atoms with Crippen molar-refractivity contribution < 1.29 is 14.0 Å². The van der Waals surface area contributed by atoms with Crippen molar-refractivity contribution in [2.45, 2.75) is 39.0 Å². The highest BCUT2D eigenvalue weighted by Gasteiger charge is 2.25. The van der Waals surface area contributed by atoms with Crippen LogP contribution in [0.1, 0.15) is 48.0 Å². The zero-order valence-corrected chi connectivity index (χ0v) is 16.3. The highest BCUT2D eigenvalue weighted by Crippen LogP contribution is 2.14. The lowest BCUT2D eigenvalue weighted by Crippen LogP contribution is -2.51. The number of hydrogen-bond acceptors (Lipinski definition) is 3. The van der Waals surface area contributed by atoms with Crippen LogP contribution in [0.25, 0.3) is 0 Å². The number of halogens is 1. The van der Waals surface area contributed by atoms with E-state index in [0.717, 1.165) is 25.9 Å². The minimum atomic E-state index is -0.349.